The number of nitrogens with one attached hydrogen (secondary N) is 2. The maximum absolute atomic E-state index is 14.1. The number of anilines is 2. The number of hydrogen-bond acceptors (Lipinski definition) is 8. The molecule has 0 saturated heterocycles. The molecule has 0 fully saturated rings. The lowest BCUT2D eigenvalue weighted by Gasteiger charge is -2.34. The number of aromatic nitrogens is 2. The Morgan fingerprint density at radius 1 is 1.18 bits per heavy atom. The molecule has 1 unspecified atom stereocenters. The summed E-state index contributed by atoms with van der Waals surface area (Å²) < 4.78 is 64.3. The van der Waals surface area contributed by atoms with Gasteiger partial charge >= 0.3 is 6.18 Å². The summed E-state index contributed by atoms with van der Waals surface area (Å²) in [7, 11) is 2.90. The minimum Gasteiger partial charge on any atom is -0.493 e. The van der Waals surface area contributed by atoms with Gasteiger partial charge in [0, 0.05) is 18.1 Å². The molecule has 3 N–H and O–H groups in total. The van der Waals surface area contributed by atoms with Gasteiger partial charge in [0.05, 0.1) is 38.2 Å². The number of alkyl halides is 3. The third-order valence-corrected chi connectivity index (χ3v) is 6.54. The van der Waals surface area contributed by atoms with Gasteiger partial charge in [-0.3, -0.25) is 4.79 Å². The summed E-state index contributed by atoms with van der Waals surface area (Å²) in [4.78, 5) is 13.3. The Kier molecular flexibility index (Phi) is 6.47. The van der Waals surface area contributed by atoms with Gasteiger partial charge in [-0.2, -0.15) is 18.3 Å². The molecule has 5 rings (SSSR count). The minimum absolute atomic E-state index is 0.0107. The predicted molar refractivity (Wildman–Crippen MR) is 129 cm³/mol. The van der Waals surface area contributed by atoms with Gasteiger partial charge in [0.2, 0.25) is 6.79 Å². The number of halogens is 3. The number of rotatable bonds is 6. The quantitative estimate of drug-likeness (QED) is 0.421. The fraction of sp³-hybridized carbons (Fsp3) is 0.360. The number of carbonyl (C=O) groups excluding carboxylic acids is 1. The van der Waals surface area contributed by atoms with Crippen LogP contribution in [0.15, 0.2) is 36.5 Å². The molecule has 1 aromatic heterocycles. The number of aliphatic hydroxyl groups excluding tert-OH is 1. The van der Waals surface area contributed by atoms with E-state index in [0.717, 1.165) is 10.9 Å². The zero-order valence-electron chi connectivity index (χ0n) is 20.6. The van der Waals surface area contributed by atoms with Crippen molar-refractivity contribution in [3.05, 3.63) is 53.2 Å². The van der Waals surface area contributed by atoms with Crippen LogP contribution in [-0.4, -0.2) is 48.0 Å². The van der Waals surface area contributed by atoms with Crippen LogP contribution in [0.4, 0.5) is 24.7 Å². The lowest BCUT2D eigenvalue weighted by atomic mass is 9.96. The van der Waals surface area contributed by atoms with Crippen molar-refractivity contribution in [2.75, 3.05) is 31.6 Å². The van der Waals surface area contributed by atoms with E-state index < -0.39 is 30.3 Å². The van der Waals surface area contributed by atoms with E-state index in [0.29, 0.717) is 34.1 Å². The Bertz CT molecular complexity index is 1370. The highest BCUT2D eigenvalue weighted by atomic mass is 19.4. The van der Waals surface area contributed by atoms with Crippen LogP contribution in [0.1, 0.15) is 53.0 Å². The normalized spacial score (nSPS) is 18.8. The van der Waals surface area contributed by atoms with Gasteiger partial charge in [0.15, 0.2) is 29.0 Å². The van der Waals surface area contributed by atoms with E-state index in [9.17, 15) is 23.1 Å². The third kappa shape index (κ3) is 4.53. The van der Waals surface area contributed by atoms with Crippen molar-refractivity contribution in [2.24, 2.45) is 0 Å². The molecule has 0 bridgehead atoms. The number of amides is 1. The van der Waals surface area contributed by atoms with Crippen molar-refractivity contribution >= 4 is 17.4 Å². The fourth-order valence-electron chi connectivity index (χ4n) is 4.62. The Morgan fingerprint density at radius 3 is 2.55 bits per heavy atom. The first-order chi connectivity index (χ1) is 18.1. The zero-order valence-corrected chi connectivity index (χ0v) is 20.6. The first-order valence-electron chi connectivity index (χ1n) is 11.7. The van der Waals surface area contributed by atoms with Crippen LogP contribution in [0.3, 0.4) is 0 Å². The number of methoxy groups -OCH3 is 2. The molecule has 38 heavy (non-hydrogen) atoms. The summed E-state index contributed by atoms with van der Waals surface area (Å²) in [6, 6.07) is 5.09. The van der Waals surface area contributed by atoms with Crippen molar-refractivity contribution in [2.45, 2.75) is 37.7 Å². The van der Waals surface area contributed by atoms with Crippen molar-refractivity contribution < 1.29 is 42.0 Å². The van der Waals surface area contributed by atoms with Crippen molar-refractivity contribution in [1.29, 1.82) is 0 Å². The molecular weight excluding hydrogens is 509 g/mol. The molecule has 1 amide bonds. The Hall–Kier alpha value is -4.13. The maximum atomic E-state index is 14.1. The summed E-state index contributed by atoms with van der Waals surface area (Å²) in [5.74, 6) is 0.770. The number of aliphatic hydroxyl groups is 1. The second-order valence-electron chi connectivity index (χ2n) is 8.88. The first kappa shape index (κ1) is 25.5. The average molecular weight is 534 g/mol. The van der Waals surface area contributed by atoms with Crippen molar-refractivity contribution in [1.82, 2.24) is 9.78 Å². The molecule has 2 aliphatic heterocycles. The van der Waals surface area contributed by atoms with E-state index in [4.69, 9.17) is 18.9 Å². The average Bonchev–Trinajstić information content (AvgIpc) is 3.53. The first-order valence-corrected chi connectivity index (χ1v) is 11.7. The predicted octanol–water partition coefficient (Wildman–Crippen LogP) is 4.59. The lowest BCUT2D eigenvalue weighted by Crippen LogP contribution is -2.36. The molecule has 10 nitrogen and oxygen atoms in total. The molecule has 0 radical (unpaired) electrons. The van der Waals surface area contributed by atoms with Gasteiger partial charge < -0.3 is 34.7 Å². The number of ether oxygens (including phenoxy) is 4. The Morgan fingerprint density at radius 2 is 1.89 bits per heavy atom. The van der Waals surface area contributed by atoms with Crippen LogP contribution >= 0.6 is 0 Å². The van der Waals surface area contributed by atoms with Gasteiger partial charge in [0.1, 0.15) is 11.4 Å². The van der Waals surface area contributed by atoms with Gasteiger partial charge in [-0.15, -0.1) is 0 Å². The van der Waals surface area contributed by atoms with Gasteiger partial charge in [-0.05, 0) is 30.7 Å². The van der Waals surface area contributed by atoms with Gasteiger partial charge in [-0.1, -0.05) is 6.07 Å². The second kappa shape index (κ2) is 9.63. The standard InChI is InChI=1S/C25H25F3N4O6/c1-12(33)14-7-20-21(38-11-37-20)8-17(14)31-24(34)15-10-29-32-22(25(26,27)28)9-16(30-23(15)32)13-4-5-18(35-2)19(6-13)36-3/h4-8,10,12,16,22,30,33H,9,11H2,1-3H3,(H,31,34)/t12?,16-,22+/m1/s1. The van der Waals surface area contributed by atoms with Crippen LogP contribution in [-0.2, 0) is 0 Å². The van der Waals surface area contributed by atoms with Gasteiger partial charge in [0.25, 0.3) is 5.91 Å². The van der Waals surface area contributed by atoms with E-state index in [1.54, 1.807) is 24.3 Å². The van der Waals surface area contributed by atoms with Crippen LogP contribution in [0, 0.1) is 0 Å². The summed E-state index contributed by atoms with van der Waals surface area (Å²) in [6.45, 7) is 1.50. The Labute approximate surface area is 215 Å². The molecule has 13 heteroatoms. The van der Waals surface area contributed by atoms with Crippen LogP contribution in [0.2, 0.25) is 0 Å². The van der Waals surface area contributed by atoms with E-state index in [-0.39, 0.29) is 30.3 Å². The number of hydrogen-bond donors (Lipinski definition) is 3. The van der Waals surface area contributed by atoms with E-state index in [2.05, 4.69) is 15.7 Å². The summed E-state index contributed by atoms with van der Waals surface area (Å²) in [6.07, 6.45) is -4.86. The number of fused-ring (bicyclic) bond motifs is 2. The van der Waals surface area contributed by atoms with Crippen molar-refractivity contribution in [3.63, 3.8) is 0 Å². The van der Waals surface area contributed by atoms with Gasteiger partial charge in [-0.25, -0.2) is 4.68 Å². The zero-order chi connectivity index (χ0) is 27.2. The number of carbonyl (C=O) groups is 1. The molecule has 3 atom stereocenters. The van der Waals surface area contributed by atoms with Crippen LogP contribution in [0.25, 0.3) is 0 Å². The molecule has 2 aliphatic rings. The SMILES string of the molecule is COc1ccc([C@H]2C[C@@H](C(F)(F)F)n3ncc(C(=O)Nc4cc5c(cc4C(C)O)OCO5)c3N2)cc1OC. The number of nitrogens with zero attached hydrogens (tertiary/aromatic N) is 2. The molecule has 3 aromatic rings. The highest BCUT2D eigenvalue weighted by Crippen LogP contribution is 2.46. The highest BCUT2D eigenvalue weighted by molar-refractivity contribution is 6.08. The smallest absolute Gasteiger partial charge is 0.410 e. The third-order valence-electron chi connectivity index (χ3n) is 6.54. The van der Waals surface area contributed by atoms with Crippen LogP contribution < -0.4 is 29.6 Å². The molecule has 2 aromatic carbocycles. The summed E-state index contributed by atoms with van der Waals surface area (Å²) >= 11 is 0. The topological polar surface area (TPSA) is 116 Å². The van der Waals surface area contributed by atoms with Crippen LogP contribution in [0.5, 0.6) is 23.0 Å². The summed E-state index contributed by atoms with van der Waals surface area (Å²) in [5.41, 5.74) is 1.00. The summed E-state index contributed by atoms with van der Waals surface area (Å²) in [5, 5.41) is 19.8. The lowest BCUT2D eigenvalue weighted by molar-refractivity contribution is -0.173. The fourth-order valence-corrected chi connectivity index (χ4v) is 4.62. The Balaban J connectivity index is 1.50. The van der Waals surface area contributed by atoms with Crippen molar-refractivity contribution in [3.8, 4) is 23.0 Å². The molecule has 0 aliphatic carbocycles. The van der Waals surface area contributed by atoms with E-state index in [1.807, 2.05) is 0 Å². The van der Waals surface area contributed by atoms with E-state index >= 15 is 0 Å². The second-order valence-corrected chi connectivity index (χ2v) is 8.88. The number of benzene rings is 2. The minimum atomic E-state index is -4.62. The maximum Gasteiger partial charge on any atom is 0.410 e. The monoisotopic (exact) mass is 534 g/mol. The molecule has 0 saturated carbocycles. The highest BCUT2D eigenvalue weighted by Gasteiger charge is 2.47. The largest absolute Gasteiger partial charge is 0.493 e. The molecule has 202 valence electrons. The van der Waals surface area contributed by atoms with E-state index in [1.165, 1.54) is 27.2 Å². The molecular formula is C25H25F3N4O6. The molecule has 3 heterocycles. The molecule has 0 spiro atoms.